The Morgan fingerprint density at radius 3 is 2.42 bits per heavy atom. The first kappa shape index (κ1) is 23.3. The van der Waals surface area contributed by atoms with E-state index >= 15 is 0 Å². The fourth-order valence-electron chi connectivity index (χ4n) is 4.20. The molecule has 0 spiro atoms. The zero-order chi connectivity index (χ0) is 21.9. The average molecular weight is 427 g/mol. The fourth-order valence-corrected chi connectivity index (χ4v) is 4.20. The minimum Gasteiger partial charge on any atom is -0.493 e. The Bertz CT molecular complexity index is 810. The Labute approximate surface area is 186 Å². The Balaban J connectivity index is 1.47. The average Bonchev–Trinajstić information content (AvgIpc) is 2.79. The number of carbonyl (C=O) groups excluding carboxylic acids is 1. The highest BCUT2D eigenvalue weighted by molar-refractivity contribution is 5.91. The lowest BCUT2D eigenvalue weighted by Crippen LogP contribution is -2.11. The molecule has 168 valence electrons. The van der Waals surface area contributed by atoms with Crippen molar-refractivity contribution in [3.05, 3.63) is 59.4 Å². The highest BCUT2D eigenvalue weighted by Gasteiger charge is 2.16. The van der Waals surface area contributed by atoms with Crippen molar-refractivity contribution in [2.75, 3.05) is 6.61 Å². The molecule has 2 aromatic rings. The van der Waals surface area contributed by atoms with Gasteiger partial charge >= 0.3 is 5.97 Å². The molecule has 2 aromatic carbocycles. The van der Waals surface area contributed by atoms with E-state index in [9.17, 15) is 9.18 Å². The topological polar surface area (TPSA) is 35.5 Å². The lowest BCUT2D eigenvalue weighted by molar-refractivity contribution is 0.0730. The molecule has 1 aliphatic carbocycles. The first-order chi connectivity index (χ1) is 15.2. The lowest BCUT2D eigenvalue weighted by atomic mass is 9.85. The second-order valence-electron chi connectivity index (χ2n) is 8.63. The third-order valence-electron chi connectivity index (χ3n) is 6.13. The predicted octanol–water partition coefficient (Wildman–Crippen LogP) is 7.52. The van der Waals surface area contributed by atoms with Gasteiger partial charge in [-0.2, -0.15) is 0 Å². The van der Waals surface area contributed by atoms with E-state index in [1.807, 2.05) is 12.1 Å². The van der Waals surface area contributed by atoms with Gasteiger partial charge in [0.2, 0.25) is 0 Å². The van der Waals surface area contributed by atoms with E-state index in [1.54, 1.807) is 18.2 Å². The van der Waals surface area contributed by atoms with Gasteiger partial charge in [0.15, 0.2) is 0 Å². The van der Waals surface area contributed by atoms with Gasteiger partial charge in [0.1, 0.15) is 17.3 Å². The van der Waals surface area contributed by atoms with E-state index < -0.39 is 11.8 Å². The number of aryl methyl sites for hydroxylation is 1. The second kappa shape index (κ2) is 12.5. The summed E-state index contributed by atoms with van der Waals surface area (Å²) in [6.45, 7) is 2.71. The maximum Gasteiger partial charge on any atom is 0.346 e. The standard InChI is InChI=1S/C27H35FO3/c1-2-3-4-8-19-30-24-17-18-25(26(28)20-24)27(29)31-23-15-13-22(14-16-23)12-11-21-9-6-5-7-10-21/h13-18,20-21H,2-12,19H2,1H3. The molecule has 0 aromatic heterocycles. The number of hydrogen-bond acceptors (Lipinski definition) is 3. The molecule has 31 heavy (non-hydrogen) atoms. The van der Waals surface area contributed by atoms with Crippen LogP contribution >= 0.6 is 0 Å². The normalized spacial score (nSPS) is 14.4. The summed E-state index contributed by atoms with van der Waals surface area (Å²) < 4.78 is 25.3. The molecule has 3 nitrogen and oxygen atoms in total. The number of halogens is 1. The van der Waals surface area contributed by atoms with Gasteiger partial charge in [-0.1, -0.05) is 70.4 Å². The fraction of sp³-hybridized carbons (Fsp3) is 0.519. The molecule has 3 rings (SSSR count). The maximum atomic E-state index is 14.4. The summed E-state index contributed by atoms with van der Waals surface area (Å²) in [4.78, 5) is 12.4. The third kappa shape index (κ3) is 7.68. The molecule has 0 unspecified atom stereocenters. The van der Waals surface area contributed by atoms with Crippen LogP contribution in [0.25, 0.3) is 0 Å². The van der Waals surface area contributed by atoms with E-state index in [2.05, 4.69) is 6.92 Å². The van der Waals surface area contributed by atoms with Gasteiger partial charge in [-0.05, 0) is 55.0 Å². The lowest BCUT2D eigenvalue weighted by Gasteiger charge is -2.21. The number of hydrogen-bond donors (Lipinski definition) is 0. The van der Waals surface area contributed by atoms with Gasteiger partial charge in [-0.15, -0.1) is 0 Å². The van der Waals surface area contributed by atoms with Gasteiger partial charge in [0, 0.05) is 6.07 Å². The first-order valence-corrected chi connectivity index (χ1v) is 11.9. The number of rotatable bonds is 11. The molecular weight excluding hydrogens is 391 g/mol. The van der Waals surface area contributed by atoms with E-state index in [0.29, 0.717) is 18.1 Å². The molecule has 0 amide bonds. The Morgan fingerprint density at radius 2 is 1.71 bits per heavy atom. The van der Waals surface area contributed by atoms with Crippen molar-refractivity contribution in [1.82, 2.24) is 0 Å². The maximum absolute atomic E-state index is 14.4. The molecule has 0 heterocycles. The van der Waals surface area contributed by atoms with E-state index in [1.165, 1.54) is 62.6 Å². The van der Waals surface area contributed by atoms with Crippen LogP contribution in [0.2, 0.25) is 0 Å². The van der Waals surface area contributed by atoms with Crippen molar-refractivity contribution >= 4 is 5.97 Å². The molecule has 1 fully saturated rings. The Kier molecular flexibility index (Phi) is 9.39. The van der Waals surface area contributed by atoms with Gasteiger partial charge in [0.05, 0.1) is 12.2 Å². The summed E-state index contributed by atoms with van der Waals surface area (Å²) in [5.74, 6) is 0.398. The van der Waals surface area contributed by atoms with Crippen LogP contribution in [0.3, 0.4) is 0 Å². The highest BCUT2D eigenvalue weighted by Crippen LogP contribution is 2.28. The van der Waals surface area contributed by atoms with E-state index in [-0.39, 0.29) is 5.56 Å². The predicted molar refractivity (Wildman–Crippen MR) is 122 cm³/mol. The van der Waals surface area contributed by atoms with Gasteiger partial charge in [-0.3, -0.25) is 0 Å². The SMILES string of the molecule is CCCCCCOc1ccc(C(=O)Oc2ccc(CCC3CCCCC3)cc2)c(F)c1. The molecule has 1 aliphatic rings. The van der Waals surface area contributed by atoms with Crippen LogP contribution in [-0.2, 0) is 6.42 Å². The Morgan fingerprint density at radius 1 is 0.968 bits per heavy atom. The van der Waals surface area contributed by atoms with Crippen LogP contribution in [0.5, 0.6) is 11.5 Å². The quantitative estimate of drug-likeness (QED) is 0.212. The molecular formula is C27H35FO3. The molecule has 0 radical (unpaired) electrons. The highest BCUT2D eigenvalue weighted by atomic mass is 19.1. The van der Waals surface area contributed by atoms with Gasteiger partial charge < -0.3 is 9.47 Å². The van der Waals surface area contributed by atoms with Gasteiger partial charge in [0.25, 0.3) is 0 Å². The van der Waals surface area contributed by atoms with Crippen LogP contribution in [0.1, 0.15) is 87.1 Å². The summed E-state index contributed by atoms with van der Waals surface area (Å²) in [5.41, 5.74) is 1.16. The largest absolute Gasteiger partial charge is 0.493 e. The molecule has 0 aliphatic heterocycles. The van der Waals surface area contributed by atoms with Gasteiger partial charge in [-0.25, -0.2) is 9.18 Å². The van der Waals surface area contributed by atoms with Crippen molar-refractivity contribution in [2.24, 2.45) is 5.92 Å². The minimum atomic E-state index is -0.693. The summed E-state index contributed by atoms with van der Waals surface area (Å²) in [6, 6.07) is 11.9. The van der Waals surface area contributed by atoms with Crippen molar-refractivity contribution in [1.29, 1.82) is 0 Å². The number of ether oxygens (including phenoxy) is 2. The number of carbonyl (C=O) groups is 1. The van der Waals surface area contributed by atoms with Crippen LogP contribution in [0, 0.1) is 11.7 Å². The van der Waals surface area contributed by atoms with Crippen molar-refractivity contribution in [3.8, 4) is 11.5 Å². The first-order valence-electron chi connectivity index (χ1n) is 11.9. The smallest absolute Gasteiger partial charge is 0.346 e. The third-order valence-corrected chi connectivity index (χ3v) is 6.13. The summed E-state index contributed by atoms with van der Waals surface area (Å²) in [7, 11) is 0. The zero-order valence-electron chi connectivity index (χ0n) is 18.7. The molecule has 0 saturated heterocycles. The van der Waals surface area contributed by atoms with E-state index in [4.69, 9.17) is 9.47 Å². The molecule has 0 atom stereocenters. The molecule has 4 heteroatoms. The van der Waals surface area contributed by atoms with Crippen molar-refractivity contribution in [2.45, 2.75) is 77.6 Å². The number of benzene rings is 2. The summed E-state index contributed by atoms with van der Waals surface area (Å²) in [5, 5.41) is 0. The summed E-state index contributed by atoms with van der Waals surface area (Å²) >= 11 is 0. The monoisotopic (exact) mass is 426 g/mol. The van der Waals surface area contributed by atoms with Crippen LogP contribution in [0.4, 0.5) is 4.39 Å². The molecule has 0 N–H and O–H groups in total. The minimum absolute atomic E-state index is 0.0836. The van der Waals surface area contributed by atoms with Crippen LogP contribution < -0.4 is 9.47 Å². The second-order valence-corrected chi connectivity index (χ2v) is 8.63. The molecule has 0 bridgehead atoms. The van der Waals surface area contributed by atoms with Crippen molar-refractivity contribution in [3.63, 3.8) is 0 Å². The number of esters is 1. The van der Waals surface area contributed by atoms with Crippen molar-refractivity contribution < 1.29 is 18.7 Å². The number of unbranched alkanes of at least 4 members (excludes halogenated alkanes) is 3. The van der Waals surface area contributed by atoms with Crippen LogP contribution in [0.15, 0.2) is 42.5 Å². The Hall–Kier alpha value is -2.36. The van der Waals surface area contributed by atoms with Crippen LogP contribution in [-0.4, -0.2) is 12.6 Å². The molecule has 1 saturated carbocycles. The van der Waals surface area contributed by atoms with E-state index in [0.717, 1.165) is 31.6 Å². The summed E-state index contributed by atoms with van der Waals surface area (Å²) in [6.07, 6.45) is 13.5. The zero-order valence-corrected chi connectivity index (χ0v) is 18.7.